The highest BCUT2D eigenvalue weighted by molar-refractivity contribution is 7.80. The third-order valence-corrected chi connectivity index (χ3v) is 9.49. The molecule has 0 amide bonds. The number of thiocarbonyl (C=S) groups is 1. The molecule has 2 N–H and O–H groups in total. The van der Waals surface area contributed by atoms with Crippen LogP contribution in [0.25, 0.3) is 0 Å². The Morgan fingerprint density at radius 1 is 0.895 bits per heavy atom. The van der Waals surface area contributed by atoms with Gasteiger partial charge in [-0.1, -0.05) is 56.8 Å². The highest BCUT2D eigenvalue weighted by Gasteiger charge is 2.34. The summed E-state index contributed by atoms with van der Waals surface area (Å²) in [4.78, 5) is 14.7. The lowest BCUT2D eigenvalue weighted by atomic mass is 9.69. The van der Waals surface area contributed by atoms with Gasteiger partial charge in [-0.25, -0.2) is 0 Å². The van der Waals surface area contributed by atoms with E-state index < -0.39 is 0 Å². The fraction of sp³-hybridized carbons (Fsp3) is 0.633. The molecule has 38 heavy (non-hydrogen) atoms. The summed E-state index contributed by atoms with van der Waals surface area (Å²) in [5.41, 5.74) is 1.41. The van der Waals surface area contributed by atoms with Gasteiger partial charge in [0.05, 0.1) is 0 Å². The van der Waals surface area contributed by atoms with E-state index in [-0.39, 0.29) is 5.41 Å². The van der Waals surface area contributed by atoms with E-state index in [1.165, 1.54) is 50.5 Å². The van der Waals surface area contributed by atoms with Gasteiger partial charge in [-0.2, -0.15) is 9.97 Å². The SMILES string of the molecule is CC1CCN(c2cc(N3CCC(C)CC3)nc(NC(=S)NCC3(c4ccc(Cl)cc4)CCCCC3)n2)CC1. The van der Waals surface area contributed by atoms with Crippen molar-refractivity contribution in [1.82, 2.24) is 15.3 Å². The van der Waals surface area contributed by atoms with E-state index in [0.717, 1.165) is 74.1 Å². The monoisotopic (exact) mass is 554 g/mol. The number of nitrogens with zero attached hydrogens (tertiary/aromatic N) is 4. The number of hydrogen-bond acceptors (Lipinski definition) is 5. The number of rotatable bonds is 6. The van der Waals surface area contributed by atoms with Crippen LogP contribution in [-0.2, 0) is 5.41 Å². The zero-order valence-corrected chi connectivity index (χ0v) is 24.6. The van der Waals surface area contributed by atoms with Crippen LogP contribution in [0, 0.1) is 11.8 Å². The van der Waals surface area contributed by atoms with Crippen molar-refractivity contribution in [2.45, 2.75) is 77.0 Å². The van der Waals surface area contributed by atoms with Gasteiger partial charge in [-0.3, -0.25) is 0 Å². The molecular formula is C30H43ClN6S. The van der Waals surface area contributed by atoms with Gasteiger partial charge in [0.15, 0.2) is 5.11 Å². The minimum absolute atomic E-state index is 0.0669. The van der Waals surface area contributed by atoms with E-state index in [1.807, 2.05) is 12.1 Å². The van der Waals surface area contributed by atoms with Gasteiger partial charge in [0.25, 0.3) is 0 Å². The first-order valence-electron chi connectivity index (χ1n) is 14.6. The van der Waals surface area contributed by atoms with Crippen LogP contribution in [0.1, 0.15) is 77.2 Å². The zero-order valence-electron chi connectivity index (χ0n) is 23.0. The standard InChI is InChI=1S/C30H43ClN6S/c1-22-10-16-36(17-11-22)26-20-27(37-18-12-23(2)13-19-37)34-28(33-26)35-29(38)32-21-30(14-4-3-5-15-30)24-6-8-25(31)9-7-24/h6-9,20,22-23H,3-5,10-19,21H2,1-2H3,(H2,32,33,34,35,38). The van der Waals surface area contributed by atoms with E-state index in [2.05, 4.69) is 52.5 Å². The van der Waals surface area contributed by atoms with Gasteiger partial charge < -0.3 is 20.4 Å². The molecular weight excluding hydrogens is 512 g/mol. The topological polar surface area (TPSA) is 56.3 Å². The zero-order chi connectivity index (χ0) is 26.5. The van der Waals surface area contributed by atoms with Crippen LogP contribution in [0.5, 0.6) is 0 Å². The van der Waals surface area contributed by atoms with E-state index in [4.69, 9.17) is 33.8 Å². The van der Waals surface area contributed by atoms with Gasteiger partial charge in [-0.05, 0) is 80.3 Å². The Balaban J connectivity index is 1.31. The quantitative estimate of drug-likeness (QED) is 0.381. The van der Waals surface area contributed by atoms with E-state index in [0.29, 0.717) is 11.1 Å². The molecule has 3 heterocycles. The second-order valence-corrected chi connectivity index (χ2v) is 12.7. The third kappa shape index (κ3) is 6.71. The molecule has 3 aliphatic rings. The van der Waals surface area contributed by atoms with Crippen molar-refractivity contribution in [3.63, 3.8) is 0 Å². The second-order valence-electron chi connectivity index (χ2n) is 11.9. The number of aromatic nitrogens is 2. The minimum atomic E-state index is 0.0669. The van der Waals surface area contributed by atoms with Crippen molar-refractivity contribution in [1.29, 1.82) is 0 Å². The van der Waals surface area contributed by atoms with Crippen LogP contribution < -0.4 is 20.4 Å². The smallest absolute Gasteiger partial charge is 0.232 e. The van der Waals surface area contributed by atoms with Crippen LogP contribution >= 0.6 is 23.8 Å². The van der Waals surface area contributed by atoms with Gasteiger partial charge in [0, 0.05) is 49.2 Å². The minimum Gasteiger partial charge on any atom is -0.361 e. The Kier molecular flexibility index (Phi) is 8.94. The van der Waals surface area contributed by atoms with Gasteiger partial charge in [0.1, 0.15) is 11.6 Å². The first kappa shape index (κ1) is 27.4. The molecule has 8 heteroatoms. The number of halogens is 1. The molecule has 0 atom stereocenters. The molecule has 3 fully saturated rings. The van der Waals surface area contributed by atoms with Crippen LogP contribution in [0.3, 0.4) is 0 Å². The summed E-state index contributed by atoms with van der Waals surface area (Å²) >= 11 is 12.0. The first-order chi connectivity index (χ1) is 18.4. The Morgan fingerprint density at radius 2 is 1.42 bits per heavy atom. The van der Waals surface area contributed by atoms with Gasteiger partial charge in [0.2, 0.25) is 5.95 Å². The fourth-order valence-corrected chi connectivity index (χ4v) is 6.56. The second kappa shape index (κ2) is 12.4. The number of anilines is 3. The highest BCUT2D eigenvalue weighted by atomic mass is 35.5. The lowest BCUT2D eigenvalue weighted by molar-refractivity contribution is 0.292. The largest absolute Gasteiger partial charge is 0.361 e. The molecule has 1 aromatic carbocycles. The lowest BCUT2D eigenvalue weighted by Gasteiger charge is -2.38. The molecule has 0 unspecified atom stereocenters. The Labute approximate surface area is 238 Å². The molecule has 0 radical (unpaired) electrons. The average Bonchev–Trinajstić information content (AvgIpc) is 2.93. The summed E-state index contributed by atoms with van der Waals surface area (Å²) in [6.45, 7) is 9.65. The van der Waals surface area contributed by atoms with E-state index in [9.17, 15) is 0 Å². The predicted octanol–water partition coefficient (Wildman–Crippen LogP) is 6.79. The number of hydrogen-bond donors (Lipinski definition) is 2. The van der Waals surface area contributed by atoms with Crippen molar-refractivity contribution in [2.75, 3.05) is 47.8 Å². The molecule has 2 aliphatic heterocycles. The van der Waals surface area contributed by atoms with Gasteiger partial charge >= 0.3 is 0 Å². The molecule has 1 saturated carbocycles. The molecule has 2 saturated heterocycles. The van der Waals surface area contributed by atoms with Crippen molar-refractivity contribution >= 4 is 46.5 Å². The van der Waals surface area contributed by atoms with Crippen LogP contribution in [0.2, 0.25) is 5.02 Å². The Bertz CT molecular complexity index is 1030. The molecule has 0 spiro atoms. The van der Waals surface area contributed by atoms with Crippen molar-refractivity contribution in [3.05, 3.63) is 40.9 Å². The maximum Gasteiger partial charge on any atom is 0.232 e. The maximum absolute atomic E-state index is 6.20. The van der Waals surface area contributed by atoms with Gasteiger partial charge in [-0.15, -0.1) is 0 Å². The van der Waals surface area contributed by atoms with Crippen molar-refractivity contribution < 1.29 is 0 Å². The molecule has 206 valence electrons. The molecule has 5 rings (SSSR count). The maximum atomic E-state index is 6.20. The molecule has 1 aliphatic carbocycles. The Hall–Kier alpha value is -2.12. The number of piperidine rings is 2. The summed E-state index contributed by atoms with van der Waals surface area (Å²) in [7, 11) is 0. The fourth-order valence-electron chi connectivity index (χ4n) is 6.27. The third-order valence-electron chi connectivity index (χ3n) is 8.99. The highest BCUT2D eigenvalue weighted by Crippen LogP contribution is 2.39. The normalized spacial score (nSPS) is 20.8. The summed E-state index contributed by atoms with van der Waals surface area (Å²) in [6, 6.07) is 10.6. The van der Waals surface area contributed by atoms with E-state index >= 15 is 0 Å². The van der Waals surface area contributed by atoms with E-state index in [1.54, 1.807) is 0 Å². The average molecular weight is 555 g/mol. The lowest BCUT2D eigenvalue weighted by Crippen LogP contribution is -2.43. The summed E-state index contributed by atoms with van der Waals surface area (Å²) in [5, 5.41) is 8.27. The number of nitrogens with one attached hydrogen (secondary N) is 2. The van der Waals surface area contributed by atoms with Crippen LogP contribution in [0.15, 0.2) is 30.3 Å². The summed E-state index contributed by atoms with van der Waals surface area (Å²) in [6.07, 6.45) is 10.9. The molecule has 2 aromatic rings. The van der Waals surface area contributed by atoms with Crippen molar-refractivity contribution in [2.24, 2.45) is 11.8 Å². The van der Waals surface area contributed by atoms with Crippen LogP contribution in [-0.4, -0.2) is 47.8 Å². The number of benzene rings is 1. The molecule has 1 aromatic heterocycles. The molecule has 6 nitrogen and oxygen atoms in total. The molecule has 0 bridgehead atoms. The predicted molar refractivity (Wildman–Crippen MR) is 164 cm³/mol. The first-order valence-corrected chi connectivity index (χ1v) is 15.4. The summed E-state index contributed by atoms with van der Waals surface area (Å²) < 4.78 is 0. The van der Waals surface area contributed by atoms with Crippen molar-refractivity contribution in [3.8, 4) is 0 Å². The summed E-state index contributed by atoms with van der Waals surface area (Å²) in [5.74, 6) is 4.17. The Morgan fingerprint density at radius 3 is 1.95 bits per heavy atom. The van der Waals surface area contributed by atoms with Crippen LogP contribution in [0.4, 0.5) is 17.6 Å².